The molecule has 0 unspecified atom stereocenters. The summed E-state index contributed by atoms with van der Waals surface area (Å²) in [7, 11) is 0. The van der Waals surface area contributed by atoms with Gasteiger partial charge in [0.05, 0.1) is 0 Å². The van der Waals surface area contributed by atoms with E-state index in [2.05, 4.69) is 87.8 Å². The first-order chi connectivity index (χ1) is 16.6. The maximum atomic E-state index is 10.8. The van der Waals surface area contributed by atoms with E-state index in [9.17, 15) is 10.2 Å². The molecule has 201 valence electrons. The van der Waals surface area contributed by atoms with Crippen molar-refractivity contribution in [3.8, 4) is 11.5 Å². The Morgan fingerprint density at radius 1 is 0.611 bits per heavy atom. The molecule has 0 amide bonds. The number of hydrogen-bond donors (Lipinski definition) is 2. The van der Waals surface area contributed by atoms with Crippen LogP contribution in [0.4, 0.5) is 0 Å². The Hall–Kier alpha value is -1.96. The van der Waals surface area contributed by atoms with Crippen LogP contribution in [0.2, 0.25) is 0 Å². The Balaban J connectivity index is 2.55. The van der Waals surface area contributed by atoms with Gasteiger partial charge in [-0.25, -0.2) is 0 Å². The molecule has 2 aromatic rings. The summed E-state index contributed by atoms with van der Waals surface area (Å²) in [5.41, 5.74) is 6.14. The maximum absolute atomic E-state index is 10.8. The normalized spacial score (nSPS) is 12.8. The minimum Gasteiger partial charge on any atom is -0.508 e. The molecule has 2 N–H and O–H groups in total. The summed E-state index contributed by atoms with van der Waals surface area (Å²) in [6, 6.07) is 8.38. The lowest BCUT2D eigenvalue weighted by Crippen LogP contribution is -2.28. The molecule has 0 spiro atoms. The molecule has 36 heavy (non-hydrogen) atoms. The Bertz CT molecular complexity index is 932. The SMILES string of the molecule is CCCCCCCC[CH]CC(C)(c1cc(C(C)(C)C)c(O)cc1C)c1cc(C(C)(C)C)c(O)cc1C. The van der Waals surface area contributed by atoms with E-state index in [1.807, 2.05) is 12.1 Å². The van der Waals surface area contributed by atoms with Crippen molar-refractivity contribution in [1.29, 1.82) is 0 Å². The van der Waals surface area contributed by atoms with Crippen LogP contribution in [0.1, 0.15) is 140 Å². The van der Waals surface area contributed by atoms with E-state index in [0.717, 1.165) is 35.1 Å². The second-order valence-corrected chi connectivity index (χ2v) is 13.2. The first-order valence-corrected chi connectivity index (χ1v) is 14.1. The molecule has 0 aliphatic heterocycles. The van der Waals surface area contributed by atoms with Crippen LogP contribution in [0, 0.1) is 20.3 Å². The number of rotatable bonds is 11. The van der Waals surface area contributed by atoms with Crippen LogP contribution in [-0.2, 0) is 16.2 Å². The van der Waals surface area contributed by atoms with Crippen LogP contribution in [-0.4, -0.2) is 10.2 Å². The van der Waals surface area contributed by atoms with Crippen molar-refractivity contribution >= 4 is 0 Å². The van der Waals surface area contributed by atoms with Gasteiger partial charge in [-0.15, -0.1) is 0 Å². The van der Waals surface area contributed by atoms with Crippen molar-refractivity contribution in [2.75, 3.05) is 0 Å². The van der Waals surface area contributed by atoms with Gasteiger partial charge in [0.15, 0.2) is 0 Å². The number of hydrogen-bond acceptors (Lipinski definition) is 2. The van der Waals surface area contributed by atoms with Crippen LogP contribution in [0.3, 0.4) is 0 Å². The van der Waals surface area contributed by atoms with Crippen molar-refractivity contribution in [3.63, 3.8) is 0 Å². The molecule has 0 heterocycles. The monoisotopic (exact) mass is 493 g/mol. The van der Waals surface area contributed by atoms with Crippen molar-refractivity contribution < 1.29 is 10.2 Å². The highest BCUT2D eigenvalue weighted by molar-refractivity contribution is 5.55. The first-order valence-electron chi connectivity index (χ1n) is 14.1. The molecule has 0 aromatic heterocycles. The van der Waals surface area contributed by atoms with E-state index in [1.54, 1.807) is 0 Å². The molecule has 1 radical (unpaired) electrons. The molecule has 2 rings (SSSR count). The van der Waals surface area contributed by atoms with Gasteiger partial charge in [-0.3, -0.25) is 0 Å². The van der Waals surface area contributed by atoms with Crippen molar-refractivity contribution in [3.05, 3.63) is 64.1 Å². The fourth-order valence-electron chi connectivity index (χ4n) is 5.60. The Labute approximate surface area is 222 Å². The number of unbranched alkanes of at least 4 members (excludes halogenated alkanes) is 7. The van der Waals surface area contributed by atoms with E-state index in [0.29, 0.717) is 11.5 Å². The highest BCUT2D eigenvalue weighted by Crippen LogP contribution is 2.46. The van der Waals surface area contributed by atoms with Crippen LogP contribution in [0.25, 0.3) is 0 Å². The number of phenolic OH excluding ortho intramolecular Hbond substituents is 2. The lowest BCUT2D eigenvalue weighted by Gasteiger charge is -2.37. The summed E-state index contributed by atoms with van der Waals surface area (Å²) >= 11 is 0. The fourth-order valence-corrected chi connectivity index (χ4v) is 5.60. The van der Waals surface area contributed by atoms with E-state index in [-0.39, 0.29) is 16.2 Å². The zero-order valence-corrected chi connectivity index (χ0v) is 24.9. The average Bonchev–Trinajstić information content (AvgIpc) is 2.73. The standard InChI is InChI=1S/C34H53O2/c1-11-12-13-14-15-16-17-18-19-34(10,26-22-28(32(4,5)6)30(35)20-24(26)2)27-23-29(33(7,8)9)31(36)21-25(27)3/h18,20-23,35-36H,11-17,19H2,1-10H3. The summed E-state index contributed by atoms with van der Waals surface area (Å²) in [6.07, 6.45) is 12.4. The number of aromatic hydroxyl groups is 2. The lowest BCUT2D eigenvalue weighted by molar-refractivity contribution is 0.441. The highest BCUT2D eigenvalue weighted by Gasteiger charge is 2.35. The van der Waals surface area contributed by atoms with E-state index >= 15 is 0 Å². The quantitative estimate of drug-likeness (QED) is 0.306. The predicted octanol–water partition coefficient (Wildman–Crippen LogP) is 9.96. The topological polar surface area (TPSA) is 40.5 Å². The van der Waals surface area contributed by atoms with Crippen molar-refractivity contribution in [1.82, 2.24) is 0 Å². The predicted molar refractivity (Wildman–Crippen MR) is 156 cm³/mol. The molecule has 2 nitrogen and oxygen atoms in total. The summed E-state index contributed by atoms with van der Waals surface area (Å²) in [6.45, 7) is 21.8. The Morgan fingerprint density at radius 3 is 1.44 bits per heavy atom. The van der Waals surface area contributed by atoms with Crippen molar-refractivity contribution in [2.24, 2.45) is 0 Å². The Morgan fingerprint density at radius 2 is 1.03 bits per heavy atom. The maximum Gasteiger partial charge on any atom is 0.119 e. The molecule has 0 aliphatic rings. The number of aryl methyl sites for hydroxylation is 2. The second kappa shape index (κ2) is 12.1. The molecular weight excluding hydrogens is 440 g/mol. The summed E-state index contributed by atoms with van der Waals surface area (Å²) in [5, 5.41) is 21.6. The molecule has 0 aliphatic carbocycles. The van der Waals surface area contributed by atoms with Crippen LogP contribution >= 0.6 is 0 Å². The second-order valence-electron chi connectivity index (χ2n) is 13.2. The van der Waals surface area contributed by atoms with Gasteiger partial charge in [-0.1, -0.05) is 112 Å². The third kappa shape index (κ3) is 7.30. The molecule has 0 fully saturated rings. The van der Waals surface area contributed by atoms with E-state index < -0.39 is 0 Å². The van der Waals surface area contributed by atoms with Gasteiger partial charge in [-0.2, -0.15) is 0 Å². The largest absolute Gasteiger partial charge is 0.508 e. The molecular formula is C34H53O2. The molecule has 0 saturated carbocycles. The van der Waals surface area contributed by atoms with Crippen molar-refractivity contribution in [2.45, 2.75) is 137 Å². The minimum absolute atomic E-state index is 0.157. The summed E-state index contributed by atoms with van der Waals surface area (Å²) in [4.78, 5) is 0. The number of benzene rings is 2. The number of phenols is 2. The molecule has 0 saturated heterocycles. The first kappa shape index (κ1) is 30.3. The third-order valence-corrected chi connectivity index (χ3v) is 7.80. The van der Waals surface area contributed by atoms with Crippen LogP contribution in [0.5, 0.6) is 11.5 Å². The Kier molecular flexibility index (Phi) is 10.1. The van der Waals surface area contributed by atoms with Gasteiger partial charge in [0, 0.05) is 5.41 Å². The van der Waals surface area contributed by atoms with E-state index in [4.69, 9.17) is 0 Å². The van der Waals surface area contributed by atoms with Crippen LogP contribution in [0.15, 0.2) is 24.3 Å². The lowest BCUT2D eigenvalue weighted by atomic mass is 9.67. The zero-order chi connectivity index (χ0) is 27.3. The van der Waals surface area contributed by atoms with Gasteiger partial charge >= 0.3 is 0 Å². The van der Waals surface area contributed by atoms with Gasteiger partial charge in [0.25, 0.3) is 0 Å². The average molecular weight is 494 g/mol. The molecule has 2 aromatic carbocycles. The molecule has 2 heteroatoms. The van der Waals surface area contributed by atoms with Crippen LogP contribution < -0.4 is 0 Å². The zero-order valence-electron chi connectivity index (χ0n) is 24.9. The van der Waals surface area contributed by atoms with Gasteiger partial charge in [0.2, 0.25) is 0 Å². The summed E-state index contributed by atoms with van der Waals surface area (Å²) < 4.78 is 0. The van der Waals surface area contributed by atoms with Gasteiger partial charge in [-0.05, 0) is 83.0 Å². The smallest absolute Gasteiger partial charge is 0.119 e. The van der Waals surface area contributed by atoms with Gasteiger partial charge in [0.1, 0.15) is 11.5 Å². The fraction of sp³-hybridized carbons (Fsp3) is 0.618. The highest BCUT2D eigenvalue weighted by atomic mass is 16.3. The summed E-state index contributed by atoms with van der Waals surface area (Å²) in [5.74, 6) is 0.750. The van der Waals surface area contributed by atoms with Gasteiger partial charge < -0.3 is 10.2 Å². The molecule has 0 bridgehead atoms. The molecule has 0 atom stereocenters. The van der Waals surface area contributed by atoms with E-state index in [1.165, 1.54) is 49.7 Å². The minimum atomic E-state index is -0.266. The third-order valence-electron chi connectivity index (χ3n) is 7.80.